The van der Waals surface area contributed by atoms with Crippen molar-refractivity contribution in [2.75, 3.05) is 13.6 Å². The van der Waals surface area contributed by atoms with Gasteiger partial charge in [0.2, 0.25) is 5.91 Å². The number of fused-ring (bicyclic) bond motifs is 1. The molecule has 5 heteroatoms. The number of rotatable bonds is 4. The molecule has 116 valence electrons. The first-order chi connectivity index (χ1) is 10.6. The molecule has 4 nitrogen and oxygen atoms in total. The number of hydrogen-bond acceptors (Lipinski definition) is 2. The standard InChI is InChI=1S/C17H20FN3O/c1-20(17(22)10-14-4-2-3-5-15(14)18)11-13-6-7-16-19-8-9-21(16)12-13/h2-5,8-9,13H,6-7,10-12H2,1H3/t13-/m0/s1. The molecule has 0 saturated carbocycles. The van der Waals surface area contributed by atoms with Gasteiger partial charge in [-0.3, -0.25) is 4.79 Å². The molecule has 1 aliphatic heterocycles. The molecular formula is C17H20FN3O. The predicted octanol–water partition coefficient (Wildman–Crippen LogP) is 2.29. The van der Waals surface area contributed by atoms with Crippen LogP contribution in [0.1, 0.15) is 17.8 Å². The van der Waals surface area contributed by atoms with Crippen molar-refractivity contribution in [2.24, 2.45) is 5.92 Å². The lowest BCUT2D eigenvalue weighted by Crippen LogP contribution is -2.36. The fourth-order valence-electron chi connectivity index (χ4n) is 3.01. The topological polar surface area (TPSA) is 38.1 Å². The second kappa shape index (κ2) is 6.30. The maximum Gasteiger partial charge on any atom is 0.226 e. The molecule has 1 aliphatic rings. The first-order valence-electron chi connectivity index (χ1n) is 7.61. The summed E-state index contributed by atoms with van der Waals surface area (Å²) in [6.07, 6.45) is 5.92. The number of aromatic nitrogens is 2. The van der Waals surface area contributed by atoms with Gasteiger partial charge in [0.1, 0.15) is 11.6 Å². The maximum absolute atomic E-state index is 13.6. The van der Waals surface area contributed by atoms with Gasteiger partial charge in [-0.05, 0) is 24.0 Å². The van der Waals surface area contributed by atoms with E-state index in [0.29, 0.717) is 18.0 Å². The smallest absolute Gasteiger partial charge is 0.226 e. The van der Waals surface area contributed by atoms with Gasteiger partial charge in [0.25, 0.3) is 0 Å². The van der Waals surface area contributed by atoms with Gasteiger partial charge >= 0.3 is 0 Å². The van der Waals surface area contributed by atoms with Gasteiger partial charge < -0.3 is 9.47 Å². The molecule has 1 aromatic heterocycles. The quantitative estimate of drug-likeness (QED) is 0.869. The van der Waals surface area contributed by atoms with Crippen molar-refractivity contribution in [3.8, 4) is 0 Å². The number of likely N-dealkylation sites (N-methyl/N-ethyl adjacent to an activating group) is 1. The van der Waals surface area contributed by atoms with Crippen LogP contribution in [0.5, 0.6) is 0 Å². The van der Waals surface area contributed by atoms with Gasteiger partial charge in [-0.25, -0.2) is 9.37 Å². The average Bonchev–Trinajstić information content (AvgIpc) is 2.97. The summed E-state index contributed by atoms with van der Waals surface area (Å²) in [6, 6.07) is 6.45. The van der Waals surface area contributed by atoms with Crippen LogP contribution in [-0.4, -0.2) is 34.0 Å². The Morgan fingerprint density at radius 1 is 1.45 bits per heavy atom. The fraction of sp³-hybridized carbons (Fsp3) is 0.412. The van der Waals surface area contributed by atoms with Crippen LogP contribution in [0.25, 0.3) is 0 Å². The number of halogens is 1. The van der Waals surface area contributed by atoms with Crippen molar-refractivity contribution in [2.45, 2.75) is 25.8 Å². The molecule has 0 saturated heterocycles. The molecule has 1 aromatic carbocycles. The van der Waals surface area contributed by atoms with E-state index in [4.69, 9.17) is 0 Å². The van der Waals surface area contributed by atoms with Crippen LogP contribution in [-0.2, 0) is 24.2 Å². The van der Waals surface area contributed by atoms with E-state index in [-0.39, 0.29) is 18.1 Å². The van der Waals surface area contributed by atoms with Crippen LogP contribution in [0, 0.1) is 11.7 Å². The molecule has 3 rings (SSSR count). The second-order valence-corrected chi connectivity index (χ2v) is 5.94. The van der Waals surface area contributed by atoms with Gasteiger partial charge in [-0.15, -0.1) is 0 Å². The lowest BCUT2D eigenvalue weighted by atomic mass is 9.98. The zero-order valence-corrected chi connectivity index (χ0v) is 12.7. The summed E-state index contributed by atoms with van der Waals surface area (Å²) in [5, 5.41) is 0. The van der Waals surface area contributed by atoms with E-state index in [0.717, 1.165) is 25.2 Å². The summed E-state index contributed by atoms with van der Waals surface area (Å²) in [6.45, 7) is 1.59. The van der Waals surface area contributed by atoms with E-state index in [1.165, 1.54) is 6.07 Å². The third-order valence-corrected chi connectivity index (χ3v) is 4.29. The third kappa shape index (κ3) is 3.18. The normalized spacial score (nSPS) is 17.1. The number of carbonyl (C=O) groups is 1. The van der Waals surface area contributed by atoms with Gasteiger partial charge in [0, 0.05) is 39.0 Å². The Kier molecular flexibility index (Phi) is 4.22. The van der Waals surface area contributed by atoms with Gasteiger partial charge in [0.15, 0.2) is 0 Å². The molecule has 0 aliphatic carbocycles. The van der Waals surface area contributed by atoms with Gasteiger partial charge in [-0.1, -0.05) is 18.2 Å². The summed E-state index contributed by atoms with van der Waals surface area (Å²) in [5.74, 6) is 1.19. The van der Waals surface area contributed by atoms with E-state index in [1.54, 1.807) is 30.1 Å². The molecule has 0 unspecified atom stereocenters. The number of aryl methyl sites for hydroxylation is 1. The minimum absolute atomic E-state index is 0.0403. The molecule has 22 heavy (non-hydrogen) atoms. The Labute approximate surface area is 129 Å². The summed E-state index contributed by atoms with van der Waals surface area (Å²) in [4.78, 5) is 18.3. The zero-order chi connectivity index (χ0) is 15.5. The van der Waals surface area contributed by atoms with Crippen molar-refractivity contribution >= 4 is 5.91 Å². The van der Waals surface area contributed by atoms with Crippen LogP contribution < -0.4 is 0 Å². The Morgan fingerprint density at radius 3 is 3.09 bits per heavy atom. The average molecular weight is 301 g/mol. The van der Waals surface area contributed by atoms with E-state index in [9.17, 15) is 9.18 Å². The monoisotopic (exact) mass is 301 g/mol. The number of nitrogens with zero attached hydrogens (tertiary/aromatic N) is 3. The summed E-state index contributed by atoms with van der Waals surface area (Å²) < 4.78 is 15.8. The van der Waals surface area contributed by atoms with Crippen molar-refractivity contribution in [1.82, 2.24) is 14.5 Å². The Balaban J connectivity index is 1.57. The number of hydrogen-bond donors (Lipinski definition) is 0. The number of amides is 1. The number of carbonyl (C=O) groups excluding carboxylic acids is 1. The molecule has 1 amide bonds. The lowest BCUT2D eigenvalue weighted by molar-refractivity contribution is -0.129. The van der Waals surface area contributed by atoms with Crippen LogP contribution in [0.15, 0.2) is 36.7 Å². The van der Waals surface area contributed by atoms with E-state index < -0.39 is 0 Å². The van der Waals surface area contributed by atoms with Crippen molar-refractivity contribution < 1.29 is 9.18 Å². The molecule has 0 spiro atoms. The SMILES string of the molecule is CN(C[C@@H]1CCc2nccn2C1)C(=O)Cc1ccccc1F. The first-order valence-corrected chi connectivity index (χ1v) is 7.61. The largest absolute Gasteiger partial charge is 0.345 e. The number of benzene rings is 1. The van der Waals surface area contributed by atoms with E-state index >= 15 is 0 Å². The first kappa shape index (κ1) is 14.8. The van der Waals surface area contributed by atoms with Crippen LogP contribution in [0.2, 0.25) is 0 Å². The molecule has 1 atom stereocenters. The van der Waals surface area contributed by atoms with E-state index in [1.807, 2.05) is 12.4 Å². The molecular weight excluding hydrogens is 281 g/mol. The van der Waals surface area contributed by atoms with Crippen molar-refractivity contribution in [3.63, 3.8) is 0 Å². The van der Waals surface area contributed by atoms with Gasteiger partial charge in [0.05, 0.1) is 6.42 Å². The van der Waals surface area contributed by atoms with Crippen LogP contribution >= 0.6 is 0 Å². The summed E-state index contributed by atoms with van der Waals surface area (Å²) in [5.41, 5.74) is 0.458. The highest BCUT2D eigenvalue weighted by atomic mass is 19.1. The maximum atomic E-state index is 13.6. The molecule has 0 bridgehead atoms. The van der Waals surface area contributed by atoms with Crippen molar-refractivity contribution in [1.29, 1.82) is 0 Å². The van der Waals surface area contributed by atoms with Crippen molar-refractivity contribution in [3.05, 3.63) is 53.9 Å². The highest BCUT2D eigenvalue weighted by molar-refractivity contribution is 5.78. The Morgan fingerprint density at radius 2 is 2.27 bits per heavy atom. The Hall–Kier alpha value is -2.17. The second-order valence-electron chi connectivity index (χ2n) is 5.94. The molecule has 2 heterocycles. The molecule has 0 radical (unpaired) electrons. The highest BCUT2D eigenvalue weighted by Crippen LogP contribution is 2.19. The van der Waals surface area contributed by atoms with E-state index in [2.05, 4.69) is 9.55 Å². The van der Waals surface area contributed by atoms with Crippen LogP contribution in [0.4, 0.5) is 4.39 Å². The predicted molar refractivity (Wildman–Crippen MR) is 81.8 cm³/mol. The van der Waals surface area contributed by atoms with Gasteiger partial charge in [-0.2, -0.15) is 0 Å². The lowest BCUT2D eigenvalue weighted by Gasteiger charge is -2.28. The third-order valence-electron chi connectivity index (χ3n) is 4.29. The van der Waals surface area contributed by atoms with Crippen LogP contribution in [0.3, 0.4) is 0 Å². The minimum atomic E-state index is -0.315. The minimum Gasteiger partial charge on any atom is -0.345 e. The molecule has 0 fully saturated rings. The summed E-state index contributed by atoms with van der Waals surface area (Å²) >= 11 is 0. The fourth-order valence-corrected chi connectivity index (χ4v) is 3.01. The number of imidazole rings is 1. The Bertz CT molecular complexity index is 667. The molecule has 2 aromatic rings. The zero-order valence-electron chi connectivity index (χ0n) is 12.7. The highest BCUT2D eigenvalue weighted by Gasteiger charge is 2.22. The molecule has 0 N–H and O–H groups in total. The summed E-state index contributed by atoms with van der Waals surface area (Å²) in [7, 11) is 1.80.